The monoisotopic (exact) mass is 558 g/mol. The summed E-state index contributed by atoms with van der Waals surface area (Å²) in [6.45, 7) is 8.47. The summed E-state index contributed by atoms with van der Waals surface area (Å²) in [7, 11) is 0. The Hall–Kier alpha value is -3.18. The molecule has 3 atom stereocenters. The molecule has 2 bridgehead atoms. The van der Waals surface area contributed by atoms with Crippen LogP contribution >= 0.6 is 0 Å². The summed E-state index contributed by atoms with van der Waals surface area (Å²) < 4.78 is 2.41. The van der Waals surface area contributed by atoms with Crippen LogP contribution in [0.25, 0.3) is 0 Å². The van der Waals surface area contributed by atoms with Crippen LogP contribution in [0.3, 0.4) is 0 Å². The number of aromatic nitrogens is 3. The fourth-order valence-electron chi connectivity index (χ4n) is 7.14. The van der Waals surface area contributed by atoms with Gasteiger partial charge < -0.3 is 14.8 Å². The van der Waals surface area contributed by atoms with E-state index in [1.165, 1.54) is 12.8 Å². The Balaban J connectivity index is 1.16. The van der Waals surface area contributed by atoms with E-state index in [9.17, 15) is 9.59 Å². The average molecular weight is 559 g/mol. The minimum Gasteiger partial charge on any atom is -0.349 e. The first-order valence-electron chi connectivity index (χ1n) is 15.6. The molecule has 8 heteroatoms. The van der Waals surface area contributed by atoms with E-state index >= 15 is 0 Å². The summed E-state index contributed by atoms with van der Waals surface area (Å²) in [6, 6.07) is 11.9. The summed E-state index contributed by atoms with van der Waals surface area (Å²) >= 11 is 0. The lowest BCUT2D eigenvalue weighted by molar-refractivity contribution is -0.143. The third kappa shape index (κ3) is 6.67. The maximum atomic E-state index is 13.3. The van der Waals surface area contributed by atoms with E-state index in [1.54, 1.807) is 0 Å². The molecule has 3 saturated heterocycles. The lowest BCUT2D eigenvalue weighted by Gasteiger charge is -2.41. The third-order valence-electron chi connectivity index (χ3n) is 9.39. The van der Waals surface area contributed by atoms with Gasteiger partial charge in [0.05, 0.1) is 12.0 Å². The van der Waals surface area contributed by atoms with Crippen molar-refractivity contribution in [2.75, 3.05) is 19.6 Å². The number of carbonyl (C=O) groups excluding carboxylic acids is 2. The zero-order chi connectivity index (χ0) is 28.9. The number of hydrogen-bond acceptors (Lipinski definition) is 5. The van der Waals surface area contributed by atoms with Crippen molar-refractivity contribution in [2.45, 2.75) is 109 Å². The van der Waals surface area contributed by atoms with Crippen LogP contribution in [0.2, 0.25) is 0 Å². The van der Waals surface area contributed by atoms with Crippen molar-refractivity contribution >= 4 is 11.8 Å². The SMILES string of the molecule is C#CCCCCC(=O)N1CC(C(=O)N[C@@H](CCN2C3CCC2CC(n2c(C)nnc2C(C)C)C3)c2ccccc2)C1. The third-order valence-corrected chi connectivity index (χ3v) is 9.39. The molecule has 0 radical (unpaired) electrons. The van der Waals surface area contributed by atoms with E-state index in [4.69, 9.17) is 6.42 Å². The van der Waals surface area contributed by atoms with Crippen molar-refractivity contribution in [3.63, 3.8) is 0 Å². The van der Waals surface area contributed by atoms with Crippen LogP contribution in [-0.2, 0) is 9.59 Å². The van der Waals surface area contributed by atoms with Crippen LogP contribution in [0.15, 0.2) is 30.3 Å². The molecule has 8 nitrogen and oxygen atoms in total. The van der Waals surface area contributed by atoms with E-state index in [-0.39, 0.29) is 23.8 Å². The standard InChI is InChI=1S/C33H46N6O2/c1-5-6-7-11-14-31(40)37-21-26(22-37)33(41)34-30(25-12-9-8-10-13-25)17-18-38-27-15-16-28(38)20-29(19-27)39-24(4)35-36-32(39)23(2)3/h1,8-10,12-13,23,26-30H,6-7,11,14-22H2,2-4H3,(H,34,41)/t27?,28?,29?,30-/m0/s1. The highest BCUT2D eigenvalue weighted by Gasteiger charge is 2.42. The first-order valence-corrected chi connectivity index (χ1v) is 15.6. The lowest BCUT2D eigenvalue weighted by atomic mass is 9.94. The van der Waals surface area contributed by atoms with Gasteiger partial charge in [-0.15, -0.1) is 22.5 Å². The summed E-state index contributed by atoms with van der Waals surface area (Å²) in [5, 5.41) is 12.3. The molecule has 1 aromatic heterocycles. The first-order chi connectivity index (χ1) is 19.9. The fraction of sp³-hybridized carbons (Fsp3) is 0.636. The average Bonchev–Trinajstić information content (AvgIpc) is 3.43. The maximum absolute atomic E-state index is 13.3. The summed E-state index contributed by atoms with van der Waals surface area (Å²) in [5.74, 6) is 5.17. The van der Waals surface area contributed by atoms with Gasteiger partial charge in [0.1, 0.15) is 11.6 Å². The number of benzene rings is 1. The van der Waals surface area contributed by atoms with E-state index in [0.29, 0.717) is 50.0 Å². The van der Waals surface area contributed by atoms with Crippen molar-refractivity contribution in [3.8, 4) is 12.3 Å². The number of amides is 2. The zero-order valence-corrected chi connectivity index (χ0v) is 25.0. The number of piperidine rings is 1. The molecule has 1 N–H and O–H groups in total. The Morgan fingerprint density at radius 3 is 2.41 bits per heavy atom. The molecule has 2 amide bonds. The van der Waals surface area contributed by atoms with Crippen LogP contribution in [0.1, 0.15) is 107 Å². The predicted molar refractivity (Wildman–Crippen MR) is 160 cm³/mol. The molecule has 4 heterocycles. The Morgan fingerprint density at radius 1 is 1.05 bits per heavy atom. The zero-order valence-electron chi connectivity index (χ0n) is 25.0. The molecule has 0 saturated carbocycles. The molecule has 2 aromatic rings. The molecule has 220 valence electrons. The lowest BCUT2D eigenvalue weighted by Crippen LogP contribution is -2.56. The van der Waals surface area contributed by atoms with E-state index in [0.717, 1.165) is 55.9 Å². The Labute approximate surface area is 245 Å². The second kappa shape index (κ2) is 13.2. The van der Waals surface area contributed by atoms with Gasteiger partial charge in [-0.25, -0.2) is 0 Å². The Kier molecular flexibility index (Phi) is 9.44. The van der Waals surface area contributed by atoms with Gasteiger partial charge in [0.2, 0.25) is 11.8 Å². The number of nitrogens with one attached hydrogen (secondary N) is 1. The second-order valence-corrected chi connectivity index (χ2v) is 12.5. The molecule has 0 spiro atoms. The number of likely N-dealkylation sites (tertiary alicyclic amines) is 1. The van der Waals surface area contributed by atoms with Gasteiger partial charge in [-0.3, -0.25) is 14.5 Å². The summed E-state index contributed by atoms with van der Waals surface area (Å²) in [6.07, 6.45) is 13.8. The molecule has 3 aliphatic heterocycles. The van der Waals surface area contributed by atoms with Gasteiger partial charge in [-0.05, 0) is 57.4 Å². The van der Waals surface area contributed by atoms with Crippen molar-refractivity contribution in [2.24, 2.45) is 5.92 Å². The van der Waals surface area contributed by atoms with Gasteiger partial charge in [0, 0.05) is 56.5 Å². The van der Waals surface area contributed by atoms with E-state index in [1.807, 2.05) is 23.1 Å². The summed E-state index contributed by atoms with van der Waals surface area (Å²) in [4.78, 5) is 30.2. The molecule has 41 heavy (non-hydrogen) atoms. The van der Waals surface area contributed by atoms with Crippen molar-refractivity contribution in [1.29, 1.82) is 0 Å². The maximum Gasteiger partial charge on any atom is 0.227 e. The van der Waals surface area contributed by atoms with E-state index in [2.05, 4.69) is 63.8 Å². The smallest absolute Gasteiger partial charge is 0.227 e. The fourth-order valence-corrected chi connectivity index (χ4v) is 7.14. The number of aryl methyl sites for hydroxylation is 1. The molecular weight excluding hydrogens is 512 g/mol. The Morgan fingerprint density at radius 2 is 1.76 bits per heavy atom. The number of terminal acetylenes is 1. The number of fused-ring (bicyclic) bond motifs is 2. The number of rotatable bonds is 12. The summed E-state index contributed by atoms with van der Waals surface area (Å²) in [5.41, 5.74) is 1.14. The first kappa shape index (κ1) is 29.3. The van der Waals surface area contributed by atoms with Crippen LogP contribution < -0.4 is 5.32 Å². The highest BCUT2D eigenvalue weighted by Crippen LogP contribution is 2.42. The van der Waals surface area contributed by atoms with Crippen LogP contribution in [0.5, 0.6) is 0 Å². The molecule has 1 aromatic carbocycles. The van der Waals surface area contributed by atoms with Crippen LogP contribution in [0, 0.1) is 25.2 Å². The molecule has 0 aliphatic carbocycles. The number of unbranched alkanes of at least 4 members (excludes halogenated alkanes) is 2. The van der Waals surface area contributed by atoms with Gasteiger partial charge in [-0.2, -0.15) is 0 Å². The molecule has 3 fully saturated rings. The van der Waals surface area contributed by atoms with Crippen LogP contribution in [-0.4, -0.2) is 68.1 Å². The predicted octanol–water partition coefficient (Wildman–Crippen LogP) is 4.78. The quantitative estimate of drug-likeness (QED) is 0.300. The van der Waals surface area contributed by atoms with Crippen LogP contribution in [0.4, 0.5) is 0 Å². The number of hydrogen-bond donors (Lipinski definition) is 1. The molecule has 3 aliphatic rings. The largest absolute Gasteiger partial charge is 0.349 e. The molecule has 5 rings (SSSR count). The minimum absolute atomic E-state index is 0.0398. The van der Waals surface area contributed by atoms with Gasteiger partial charge >= 0.3 is 0 Å². The minimum atomic E-state index is -0.134. The van der Waals surface area contributed by atoms with Gasteiger partial charge in [0.15, 0.2) is 0 Å². The molecule has 2 unspecified atom stereocenters. The van der Waals surface area contributed by atoms with Crippen molar-refractivity contribution < 1.29 is 9.59 Å². The van der Waals surface area contributed by atoms with Gasteiger partial charge in [-0.1, -0.05) is 44.2 Å². The normalized spacial score (nSPS) is 23.3. The van der Waals surface area contributed by atoms with Crippen molar-refractivity contribution in [3.05, 3.63) is 47.5 Å². The Bertz CT molecular complexity index is 1210. The topological polar surface area (TPSA) is 83.4 Å². The van der Waals surface area contributed by atoms with E-state index < -0.39 is 0 Å². The van der Waals surface area contributed by atoms with Gasteiger partial charge in [0.25, 0.3) is 0 Å². The highest BCUT2D eigenvalue weighted by atomic mass is 16.2. The molecular formula is C33H46N6O2. The highest BCUT2D eigenvalue weighted by molar-refractivity contribution is 5.84. The second-order valence-electron chi connectivity index (χ2n) is 12.5. The van der Waals surface area contributed by atoms with Crippen molar-refractivity contribution in [1.82, 2.24) is 29.9 Å². The number of nitrogens with zero attached hydrogens (tertiary/aromatic N) is 5. The number of carbonyl (C=O) groups is 2.